The van der Waals surface area contributed by atoms with Crippen LogP contribution < -0.4 is 29.6 Å². The molecule has 0 aromatic rings. The fraction of sp³-hybridized carbons (Fsp3) is 0.333. The fourth-order valence-electron chi connectivity index (χ4n) is 0.376. The zero-order chi connectivity index (χ0) is 8.69. The first-order valence-electron chi connectivity index (χ1n) is 2.81. The Bertz CT molecular complexity index is 176. The van der Waals surface area contributed by atoms with Crippen LogP contribution in [0.5, 0.6) is 0 Å². The summed E-state index contributed by atoms with van der Waals surface area (Å²) in [5.74, 6) is 0.0557. The predicted octanol–water partition coefficient (Wildman–Crippen LogP) is -2.37. The standard InChI is InChI=1S/C6H10O4S.Na.H/c1-3-4-9-5-6(2)10-11(7)8;;/h3H,1-2,4-5H2,(H,7,8);;/q;+1;-1/p-1. The molecule has 0 aromatic heterocycles. The molecule has 1 atom stereocenters. The second-order valence-corrected chi connectivity index (χ2v) is 2.20. The Morgan fingerprint density at radius 2 is 2.33 bits per heavy atom. The molecular formula is C6H10NaO4S-. The maximum atomic E-state index is 9.88. The third-order valence-corrected chi connectivity index (χ3v) is 1.06. The maximum absolute atomic E-state index is 9.88. The summed E-state index contributed by atoms with van der Waals surface area (Å²) >= 11 is -2.56. The van der Waals surface area contributed by atoms with Gasteiger partial charge in [0.15, 0.2) is 0 Å². The van der Waals surface area contributed by atoms with Crippen LogP contribution in [0.4, 0.5) is 0 Å². The minimum absolute atomic E-state index is 0. The summed E-state index contributed by atoms with van der Waals surface area (Å²) in [7, 11) is 0. The predicted molar refractivity (Wildman–Crippen MR) is 41.3 cm³/mol. The quantitative estimate of drug-likeness (QED) is 0.158. The molecule has 0 spiro atoms. The van der Waals surface area contributed by atoms with Crippen molar-refractivity contribution in [2.45, 2.75) is 0 Å². The van der Waals surface area contributed by atoms with Crippen molar-refractivity contribution in [1.29, 1.82) is 0 Å². The topological polar surface area (TPSA) is 58.6 Å². The van der Waals surface area contributed by atoms with Crippen LogP contribution in [0.2, 0.25) is 0 Å². The SMILES string of the molecule is C=CCOCC(=C)OS(=O)[O-].[H-].[Na+]. The Morgan fingerprint density at radius 3 is 2.75 bits per heavy atom. The average molecular weight is 201 g/mol. The second-order valence-electron chi connectivity index (χ2n) is 1.63. The van der Waals surface area contributed by atoms with Crippen molar-refractivity contribution in [1.82, 2.24) is 0 Å². The van der Waals surface area contributed by atoms with E-state index < -0.39 is 11.4 Å². The van der Waals surface area contributed by atoms with Crippen LogP contribution in [0.1, 0.15) is 1.43 Å². The Kier molecular flexibility index (Phi) is 11.7. The van der Waals surface area contributed by atoms with Gasteiger partial charge in [-0.3, -0.25) is 0 Å². The minimum atomic E-state index is -2.56. The van der Waals surface area contributed by atoms with Crippen molar-refractivity contribution in [3.8, 4) is 0 Å². The van der Waals surface area contributed by atoms with Gasteiger partial charge in [-0.05, 0) is 0 Å². The van der Waals surface area contributed by atoms with Crippen LogP contribution in [0, 0.1) is 0 Å². The molecule has 0 saturated carbocycles. The molecule has 0 aliphatic heterocycles. The molecule has 0 N–H and O–H groups in total. The molecule has 0 aromatic carbocycles. The molecule has 0 saturated heterocycles. The summed E-state index contributed by atoms with van der Waals surface area (Å²) in [5.41, 5.74) is 0. The van der Waals surface area contributed by atoms with Crippen LogP contribution in [-0.2, 0) is 20.3 Å². The van der Waals surface area contributed by atoms with Gasteiger partial charge in [-0.15, -0.1) is 6.58 Å². The molecule has 12 heavy (non-hydrogen) atoms. The van der Waals surface area contributed by atoms with Gasteiger partial charge < -0.3 is 14.9 Å². The molecule has 0 rings (SSSR count). The number of hydrogen-bond donors (Lipinski definition) is 0. The van der Waals surface area contributed by atoms with Crippen molar-refractivity contribution in [2.75, 3.05) is 13.2 Å². The van der Waals surface area contributed by atoms with Gasteiger partial charge in [-0.1, -0.05) is 12.7 Å². The largest absolute Gasteiger partial charge is 1.00 e. The molecule has 1 unspecified atom stereocenters. The van der Waals surface area contributed by atoms with Crippen molar-refractivity contribution in [3.05, 3.63) is 25.0 Å². The molecular weight excluding hydrogens is 191 g/mol. The molecule has 0 heterocycles. The van der Waals surface area contributed by atoms with E-state index in [1.807, 2.05) is 0 Å². The summed E-state index contributed by atoms with van der Waals surface area (Å²) in [6.45, 7) is 7.09. The third-order valence-electron chi connectivity index (χ3n) is 0.685. The summed E-state index contributed by atoms with van der Waals surface area (Å²) in [6.07, 6.45) is 1.54. The Labute approximate surface area is 97.9 Å². The molecule has 4 nitrogen and oxygen atoms in total. The molecule has 66 valence electrons. The van der Waals surface area contributed by atoms with E-state index in [0.29, 0.717) is 6.61 Å². The second kappa shape index (κ2) is 9.44. The summed E-state index contributed by atoms with van der Waals surface area (Å²) < 4.78 is 28.8. The van der Waals surface area contributed by atoms with E-state index in [2.05, 4.69) is 17.3 Å². The van der Waals surface area contributed by atoms with E-state index in [-0.39, 0.29) is 43.3 Å². The molecule has 0 amide bonds. The van der Waals surface area contributed by atoms with Gasteiger partial charge in [0.05, 0.1) is 6.61 Å². The number of ether oxygens (including phenoxy) is 1. The van der Waals surface area contributed by atoms with Crippen LogP contribution in [-0.4, -0.2) is 22.0 Å². The van der Waals surface area contributed by atoms with E-state index in [1.54, 1.807) is 6.08 Å². The summed E-state index contributed by atoms with van der Waals surface area (Å²) in [5, 5.41) is 0. The van der Waals surface area contributed by atoms with Crippen molar-refractivity contribution in [2.24, 2.45) is 0 Å². The van der Waals surface area contributed by atoms with E-state index in [1.165, 1.54) is 0 Å². The number of hydrogen-bond acceptors (Lipinski definition) is 4. The summed E-state index contributed by atoms with van der Waals surface area (Å²) in [6, 6.07) is 0. The van der Waals surface area contributed by atoms with Gasteiger partial charge in [0.1, 0.15) is 23.7 Å². The molecule has 0 radical (unpaired) electrons. The van der Waals surface area contributed by atoms with E-state index >= 15 is 0 Å². The molecule has 6 heteroatoms. The van der Waals surface area contributed by atoms with Gasteiger partial charge >= 0.3 is 29.6 Å². The van der Waals surface area contributed by atoms with Crippen LogP contribution in [0.15, 0.2) is 25.0 Å². The van der Waals surface area contributed by atoms with Gasteiger partial charge in [0.25, 0.3) is 0 Å². The Morgan fingerprint density at radius 1 is 1.75 bits per heavy atom. The molecule has 0 fully saturated rings. The summed E-state index contributed by atoms with van der Waals surface area (Å²) in [4.78, 5) is 0. The van der Waals surface area contributed by atoms with E-state index in [0.717, 1.165) is 0 Å². The third kappa shape index (κ3) is 10.3. The molecule has 0 bridgehead atoms. The average Bonchev–Trinajstić information content (AvgIpc) is 1.86. The first kappa shape index (κ1) is 14.9. The van der Waals surface area contributed by atoms with Crippen LogP contribution in [0.3, 0.4) is 0 Å². The normalized spacial score (nSPS) is 11.1. The monoisotopic (exact) mass is 201 g/mol. The van der Waals surface area contributed by atoms with Gasteiger partial charge in [-0.2, -0.15) is 0 Å². The van der Waals surface area contributed by atoms with Crippen molar-refractivity contribution >= 4 is 11.4 Å². The Balaban J connectivity index is -0.000000500. The number of rotatable bonds is 6. The van der Waals surface area contributed by atoms with Gasteiger partial charge in [-0.25, -0.2) is 4.21 Å². The minimum Gasteiger partial charge on any atom is -1.00 e. The Hall–Kier alpha value is 0.350. The van der Waals surface area contributed by atoms with Crippen molar-refractivity contribution in [3.63, 3.8) is 0 Å². The molecule has 0 aliphatic carbocycles. The van der Waals surface area contributed by atoms with Crippen LogP contribution in [0.25, 0.3) is 0 Å². The smallest absolute Gasteiger partial charge is 1.00 e. The molecule has 0 aliphatic rings. The van der Waals surface area contributed by atoms with Gasteiger partial charge in [0, 0.05) is 0 Å². The van der Waals surface area contributed by atoms with Crippen molar-refractivity contribution < 1.29 is 48.7 Å². The van der Waals surface area contributed by atoms with E-state index in [4.69, 9.17) is 4.74 Å². The van der Waals surface area contributed by atoms with E-state index in [9.17, 15) is 8.76 Å². The zero-order valence-corrected chi connectivity index (χ0v) is 9.76. The fourth-order valence-corrected chi connectivity index (χ4v) is 0.617. The first-order valence-corrected chi connectivity index (χ1v) is 3.81. The van der Waals surface area contributed by atoms with Crippen LogP contribution >= 0.6 is 0 Å². The maximum Gasteiger partial charge on any atom is 1.00 e. The first-order chi connectivity index (χ1) is 5.16. The van der Waals surface area contributed by atoms with Gasteiger partial charge in [0.2, 0.25) is 0 Å². The zero-order valence-electron chi connectivity index (χ0n) is 7.95.